The summed E-state index contributed by atoms with van der Waals surface area (Å²) in [5.41, 5.74) is 9.58. The van der Waals surface area contributed by atoms with Gasteiger partial charge in [-0.3, -0.25) is 0 Å². The van der Waals surface area contributed by atoms with Crippen LogP contribution in [0, 0.1) is 0 Å². The van der Waals surface area contributed by atoms with Crippen molar-refractivity contribution in [2.24, 2.45) is 0 Å². The summed E-state index contributed by atoms with van der Waals surface area (Å²) in [6, 6.07) is 5.64. The van der Waals surface area contributed by atoms with E-state index < -0.39 is 0 Å². The molecule has 0 unspecified atom stereocenters. The van der Waals surface area contributed by atoms with Crippen molar-refractivity contribution in [3.05, 3.63) is 34.5 Å². The van der Waals surface area contributed by atoms with E-state index in [0.717, 1.165) is 33.4 Å². The first-order valence-corrected chi connectivity index (χ1v) is 5.51. The van der Waals surface area contributed by atoms with Crippen LogP contribution in [0.5, 0.6) is 0 Å². The second-order valence-electron chi connectivity index (χ2n) is 3.23. The molecule has 3 nitrogen and oxygen atoms in total. The van der Waals surface area contributed by atoms with Gasteiger partial charge in [-0.15, -0.1) is 0 Å². The Bertz CT molecular complexity index is 466. The number of nitrogen functional groups attached to an aromatic ring is 1. The van der Waals surface area contributed by atoms with E-state index >= 15 is 0 Å². The van der Waals surface area contributed by atoms with Gasteiger partial charge in [0.15, 0.2) is 0 Å². The molecule has 0 saturated heterocycles. The molecule has 0 bridgehead atoms. The number of nitrogens with two attached hydrogens (primary N) is 1. The molecule has 0 fully saturated rings. The van der Waals surface area contributed by atoms with Gasteiger partial charge in [0.25, 0.3) is 0 Å². The fraction of sp³-hybridized carbons (Fsp3) is 0.182. The average molecular weight is 267 g/mol. The SMILES string of the molecule is CCc1c(Br)ccc(N)c1-c1ccon1. The summed E-state index contributed by atoms with van der Waals surface area (Å²) < 4.78 is 5.90. The van der Waals surface area contributed by atoms with Crippen LogP contribution >= 0.6 is 15.9 Å². The highest BCUT2D eigenvalue weighted by Crippen LogP contribution is 2.33. The third-order valence-electron chi connectivity index (χ3n) is 2.34. The van der Waals surface area contributed by atoms with Crippen LogP contribution in [0.15, 0.2) is 33.5 Å². The summed E-state index contributed by atoms with van der Waals surface area (Å²) >= 11 is 3.51. The summed E-state index contributed by atoms with van der Waals surface area (Å²) in [7, 11) is 0. The summed E-state index contributed by atoms with van der Waals surface area (Å²) in [4.78, 5) is 0. The van der Waals surface area contributed by atoms with Crippen molar-refractivity contribution in [3.8, 4) is 11.3 Å². The Morgan fingerprint density at radius 3 is 2.80 bits per heavy atom. The molecule has 0 amide bonds. The van der Waals surface area contributed by atoms with Crippen molar-refractivity contribution < 1.29 is 4.52 Å². The Hall–Kier alpha value is -1.29. The molecule has 0 spiro atoms. The fourth-order valence-electron chi connectivity index (χ4n) is 1.63. The van der Waals surface area contributed by atoms with Gasteiger partial charge in [-0.1, -0.05) is 28.0 Å². The smallest absolute Gasteiger partial charge is 0.124 e. The Morgan fingerprint density at radius 2 is 2.20 bits per heavy atom. The van der Waals surface area contributed by atoms with Crippen molar-refractivity contribution in [1.82, 2.24) is 5.16 Å². The number of hydrogen-bond donors (Lipinski definition) is 1. The van der Waals surface area contributed by atoms with Crippen LogP contribution in [0.25, 0.3) is 11.3 Å². The molecule has 2 rings (SSSR count). The van der Waals surface area contributed by atoms with Crippen molar-refractivity contribution >= 4 is 21.6 Å². The van der Waals surface area contributed by atoms with Gasteiger partial charge in [-0.2, -0.15) is 0 Å². The van der Waals surface area contributed by atoms with Gasteiger partial charge in [-0.05, 0) is 24.1 Å². The lowest BCUT2D eigenvalue weighted by atomic mass is 10.0. The van der Waals surface area contributed by atoms with Crippen LogP contribution in [0.3, 0.4) is 0 Å². The van der Waals surface area contributed by atoms with E-state index in [2.05, 4.69) is 28.0 Å². The maximum absolute atomic E-state index is 5.95. The largest absolute Gasteiger partial charge is 0.398 e. The van der Waals surface area contributed by atoms with E-state index in [1.54, 1.807) is 6.26 Å². The molecule has 0 saturated carbocycles. The zero-order valence-corrected chi connectivity index (χ0v) is 9.91. The van der Waals surface area contributed by atoms with E-state index in [0.29, 0.717) is 0 Å². The minimum atomic E-state index is 0.726. The Kier molecular flexibility index (Phi) is 2.77. The zero-order chi connectivity index (χ0) is 10.8. The van der Waals surface area contributed by atoms with Gasteiger partial charge in [0.2, 0.25) is 0 Å². The number of nitrogens with zero attached hydrogens (tertiary/aromatic N) is 1. The summed E-state index contributed by atoms with van der Waals surface area (Å²) in [5, 5.41) is 3.92. The van der Waals surface area contributed by atoms with Crippen molar-refractivity contribution in [2.75, 3.05) is 5.73 Å². The molecular formula is C11H11BrN2O. The highest BCUT2D eigenvalue weighted by Gasteiger charge is 2.13. The molecule has 0 aliphatic heterocycles. The first kappa shape index (κ1) is 10.2. The number of halogens is 1. The minimum absolute atomic E-state index is 0.726. The molecule has 0 radical (unpaired) electrons. The van der Waals surface area contributed by atoms with Gasteiger partial charge >= 0.3 is 0 Å². The Labute approximate surface area is 96.4 Å². The van der Waals surface area contributed by atoms with Crippen LogP contribution in [-0.4, -0.2) is 5.16 Å². The summed E-state index contributed by atoms with van der Waals surface area (Å²) in [6.45, 7) is 2.09. The monoisotopic (exact) mass is 266 g/mol. The van der Waals surface area contributed by atoms with Gasteiger partial charge in [0, 0.05) is 21.8 Å². The fourth-order valence-corrected chi connectivity index (χ4v) is 2.24. The predicted octanol–water partition coefficient (Wildman–Crippen LogP) is 3.25. The van der Waals surface area contributed by atoms with Crippen LogP contribution in [0.2, 0.25) is 0 Å². The van der Waals surface area contributed by atoms with E-state index in [1.807, 2.05) is 18.2 Å². The van der Waals surface area contributed by atoms with E-state index in [-0.39, 0.29) is 0 Å². The zero-order valence-electron chi connectivity index (χ0n) is 8.33. The molecule has 0 aliphatic rings. The van der Waals surface area contributed by atoms with Gasteiger partial charge in [0.1, 0.15) is 12.0 Å². The minimum Gasteiger partial charge on any atom is -0.398 e. The van der Waals surface area contributed by atoms with Crippen LogP contribution in [-0.2, 0) is 6.42 Å². The number of rotatable bonds is 2. The number of hydrogen-bond acceptors (Lipinski definition) is 3. The van der Waals surface area contributed by atoms with Gasteiger partial charge in [0.05, 0.1) is 0 Å². The lowest BCUT2D eigenvalue weighted by Gasteiger charge is -2.10. The normalized spacial score (nSPS) is 10.5. The lowest BCUT2D eigenvalue weighted by molar-refractivity contribution is 0.422. The molecule has 2 N–H and O–H groups in total. The number of benzene rings is 1. The second kappa shape index (κ2) is 4.06. The quantitative estimate of drug-likeness (QED) is 0.850. The first-order valence-electron chi connectivity index (χ1n) is 4.71. The maximum atomic E-state index is 5.95. The van der Waals surface area contributed by atoms with Crippen molar-refractivity contribution in [2.45, 2.75) is 13.3 Å². The molecule has 0 aliphatic carbocycles. The first-order chi connectivity index (χ1) is 7.24. The molecule has 1 aromatic carbocycles. The maximum Gasteiger partial charge on any atom is 0.124 e. The standard InChI is InChI=1S/C11H11BrN2O/c1-2-7-8(12)3-4-9(13)11(7)10-5-6-15-14-10/h3-6H,2,13H2,1H3. The third-order valence-corrected chi connectivity index (χ3v) is 3.08. The summed E-state index contributed by atoms with van der Waals surface area (Å²) in [5.74, 6) is 0. The van der Waals surface area contributed by atoms with Crippen LogP contribution < -0.4 is 5.73 Å². The van der Waals surface area contributed by atoms with Gasteiger partial charge < -0.3 is 10.3 Å². The molecule has 0 atom stereocenters. The van der Waals surface area contributed by atoms with Gasteiger partial charge in [-0.25, -0.2) is 0 Å². The van der Waals surface area contributed by atoms with E-state index in [9.17, 15) is 0 Å². The highest BCUT2D eigenvalue weighted by atomic mass is 79.9. The molecule has 1 heterocycles. The molecular weight excluding hydrogens is 256 g/mol. The Balaban J connectivity index is 2.68. The molecule has 2 aromatic rings. The topological polar surface area (TPSA) is 52.0 Å². The summed E-state index contributed by atoms with van der Waals surface area (Å²) in [6.07, 6.45) is 2.45. The highest BCUT2D eigenvalue weighted by molar-refractivity contribution is 9.10. The molecule has 15 heavy (non-hydrogen) atoms. The number of aromatic nitrogens is 1. The van der Waals surface area contributed by atoms with Crippen LogP contribution in [0.1, 0.15) is 12.5 Å². The van der Waals surface area contributed by atoms with Crippen molar-refractivity contribution in [1.29, 1.82) is 0 Å². The van der Waals surface area contributed by atoms with Crippen LogP contribution in [0.4, 0.5) is 5.69 Å². The third kappa shape index (κ3) is 1.77. The van der Waals surface area contributed by atoms with E-state index in [1.165, 1.54) is 0 Å². The number of anilines is 1. The molecule has 1 aromatic heterocycles. The average Bonchev–Trinajstić information content (AvgIpc) is 2.74. The molecule has 4 heteroatoms. The van der Waals surface area contributed by atoms with E-state index in [4.69, 9.17) is 10.3 Å². The molecule has 78 valence electrons. The predicted molar refractivity (Wildman–Crippen MR) is 63.4 cm³/mol. The Morgan fingerprint density at radius 1 is 1.40 bits per heavy atom. The van der Waals surface area contributed by atoms with Crippen molar-refractivity contribution in [3.63, 3.8) is 0 Å². The lowest BCUT2D eigenvalue weighted by Crippen LogP contribution is -1.96. The second-order valence-corrected chi connectivity index (χ2v) is 4.08.